The fourth-order valence-electron chi connectivity index (χ4n) is 12.1. The molecule has 538 valence electrons. The quantitative estimate of drug-likeness (QED) is 0.0341. The molecule has 28 heteroatoms. The molecule has 2 aromatic rings. The number of anilines is 1. The second kappa shape index (κ2) is 39.0. The second-order valence-electron chi connectivity index (χ2n) is 26.4. The summed E-state index contributed by atoms with van der Waals surface area (Å²) in [7, 11) is 6.05. The molecular weight excluding hydrogens is 1250 g/mol. The summed E-state index contributed by atoms with van der Waals surface area (Å²) in [6, 6.07) is 7.15. The minimum atomic E-state index is -1.21. The lowest BCUT2D eigenvalue weighted by atomic mass is 9.89. The van der Waals surface area contributed by atoms with Gasteiger partial charge in [-0.2, -0.15) is 0 Å². The number of primary amides is 1. The first kappa shape index (κ1) is 80.9. The van der Waals surface area contributed by atoms with E-state index in [1.165, 1.54) is 33.1 Å². The average Bonchev–Trinajstić information content (AvgIpc) is 1.81. The number of ether oxygens (including phenoxy) is 3. The SMILES string of the molecule is CC[C@H](C)[C@@H]([C@@H](CC(=O)N1CCC[C@H]1[C@H](OC)[C@@H](C)C(=O)N[C@H](C)[C@@H](O)c1ccccc1)OC)N(C)C(=O)[C@@H](NC(=O)[C@H](C(C)C)N(C)C(=O)OCc1ccc(NC(=O)[C@H](CCCNC(N)=O)NC(=O)[C@H](C)NC(=O)[C@@H](CC(C)C)NC(=O)CCN2C(=O)C=CC2=O)cc1)C(C)C. The van der Waals surface area contributed by atoms with Gasteiger partial charge in [-0.25, -0.2) is 9.59 Å². The van der Waals surface area contributed by atoms with Crippen LogP contribution in [0, 0.1) is 29.6 Å². The van der Waals surface area contributed by atoms with Gasteiger partial charge < -0.3 is 72.1 Å². The number of amides is 13. The van der Waals surface area contributed by atoms with E-state index in [2.05, 4.69) is 37.2 Å². The maximum Gasteiger partial charge on any atom is 0.410 e. The first-order valence-electron chi connectivity index (χ1n) is 33.5. The largest absolute Gasteiger partial charge is 0.445 e. The van der Waals surface area contributed by atoms with Gasteiger partial charge in [-0.15, -0.1) is 0 Å². The number of carbonyl (C=O) groups is 12. The van der Waals surface area contributed by atoms with E-state index < -0.39 is 144 Å². The average molecular weight is 1360 g/mol. The smallest absolute Gasteiger partial charge is 0.410 e. The third-order valence-corrected chi connectivity index (χ3v) is 17.8. The number of rotatable bonds is 38. The van der Waals surface area contributed by atoms with Crippen molar-refractivity contribution in [3.63, 3.8) is 0 Å². The van der Waals surface area contributed by atoms with Crippen molar-refractivity contribution >= 4 is 76.9 Å². The van der Waals surface area contributed by atoms with Gasteiger partial charge in [-0.05, 0) is 92.9 Å². The lowest BCUT2D eigenvalue weighted by Crippen LogP contribution is -2.60. The summed E-state index contributed by atoms with van der Waals surface area (Å²) in [5.74, 6) is -7.26. The Labute approximate surface area is 570 Å². The van der Waals surface area contributed by atoms with Gasteiger partial charge in [-0.3, -0.25) is 57.7 Å². The maximum absolute atomic E-state index is 14.8. The Morgan fingerprint density at radius 2 is 1.36 bits per heavy atom. The number of nitrogens with two attached hydrogens (primary N) is 1. The number of nitrogens with zero attached hydrogens (tertiary/aromatic N) is 4. The van der Waals surface area contributed by atoms with Crippen LogP contribution >= 0.6 is 0 Å². The molecule has 0 aliphatic carbocycles. The van der Waals surface area contributed by atoms with Crippen molar-refractivity contribution < 1.29 is 76.9 Å². The minimum absolute atomic E-state index is 0.0225. The molecular formula is C69H106N12O16. The van der Waals surface area contributed by atoms with Crippen molar-refractivity contribution in [1.29, 1.82) is 0 Å². The molecule has 2 aliphatic heterocycles. The van der Waals surface area contributed by atoms with E-state index in [0.29, 0.717) is 42.6 Å². The summed E-state index contributed by atoms with van der Waals surface area (Å²) >= 11 is 0. The fraction of sp³-hybridized carbons (Fsp3) is 0.623. The molecule has 28 nitrogen and oxygen atoms in total. The molecule has 13 atom stereocenters. The monoisotopic (exact) mass is 1360 g/mol. The van der Waals surface area contributed by atoms with E-state index in [1.54, 1.807) is 89.9 Å². The molecule has 2 aromatic carbocycles. The van der Waals surface area contributed by atoms with Crippen molar-refractivity contribution in [2.45, 2.75) is 201 Å². The molecule has 4 rings (SSSR count). The Morgan fingerprint density at radius 1 is 0.722 bits per heavy atom. The van der Waals surface area contributed by atoms with Gasteiger partial charge in [0.15, 0.2) is 0 Å². The number of benzene rings is 2. The first-order chi connectivity index (χ1) is 45.8. The summed E-state index contributed by atoms with van der Waals surface area (Å²) in [6.07, 6.45) is 0.860. The van der Waals surface area contributed by atoms with Gasteiger partial charge in [0.1, 0.15) is 36.8 Å². The zero-order chi connectivity index (χ0) is 72.5. The van der Waals surface area contributed by atoms with Gasteiger partial charge >= 0.3 is 12.1 Å². The summed E-state index contributed by atoms with van der Waals surface area (Å²) < 4.78 is 17.7. The third kappa shape index (κ3) is 23.9. The Bertz CT molecular complexity index is 3020. The van der Waals surface area contributed by atoms with Crippen LogP contribution in [0.25, 0.3) is 0 Å². The van der Waals surface area contributed by atoms with E-state index in [1.807, 2.05) is 45.9 Å². The van der Waals surface area contributed by atoms with E-state index in [4.69, 9.17) is 19.9 Å². The predicted molar refractivity (Wildman–Crippen MR) is 362 cm³/mol. The highest BCUT2D eigenvalue weighted by atomic mass is 16.6. The van der Waals surface area contributed by atoms with Crippen LogP contribution in [-0.2, 0) is 68.8 Å². The molecule has 10 N–H and O–H groups in total. The highest BCUT2D eigenvalue weighted by Gasteiger charge is 2.44. The highest BCUT2D eigenvalue weighted by molar-refractivity contribution is 6.13. The number of aliphatic hydroxyl groups is 1. The second-order valence-corrected chi connectivity index (χ2v) is 26.4. The topological polar surface area (TPSA) is 376 Å². The standard InChI is InChI=1S/C69H106N12O16/c1-16-42(8)59(52(95-14)37-56(85)80-34-21-25-51(80)61(96-15)43(9)62(87)72-44(10)60(86)47-22-18-17-19-23-47)78(12)67(92)57(40(4)5)77-66(91)58(41(6)7)79(13)69(94)97-38-46-26-28-48(29-27-46)74-64(89)49(24-20-33-71-68(70)93)76-63(88)45(11)73-65(90)50(36-39(2)3)75-53(82)32-35-81-54(83)30-31-55(81)84/h17-19,22-23,26-31,39-45,49-52,57-61,86H,16,20-21,24-25,32-38H2,1-15H3,(H,72,87)(H,73,90)(H,74,89)(H,75,82)(H,76,88)(H,77,91)(H3,70,71,93)/t42-,43+,44+,45-,49-,50+,51-,52+,57-,58-,59-,60+,61+/m0/s1. The predicted octanol–water partition coefficient (Wildman–Crippen LogP) is 3.80. The Hall–Kier alpha value is -8.50. The third-order valence-electron chi connectivity index (χ3n) is 17.8. The van der Waals surface area contributed by atoms with Gasteiger partial charge in [-0.1, -0.05) is 111 Å². The maximum atomic E-state index is 14.8. The van der Waals surface area contributed by atoms with Crippen LogP contribution in [0.3, 0.4) is 0 Å². The molecule has 1 fully saturated rings. The van der Waals surface area contributed by atoms with Crippen LogP contribution in [0.4, 0.5) is 15.3 Å². The Morgan fingerprint density at radius 3 is 1.93 bits per heavy atom. The van der Waals surface area contributed by atoms with Crippen LogP contribution in [0.5, 0.6) is 0 Å². The summed E-state index contributed by atoms with van der Waals surface area (Å²) in [6.45, 7) is 19.6. The van der Waals surface area contributed by atoms with Gasteiger partial charge in [0.05, 0.1) is 48.8 Å². The number of hydrogen-bond acceptors (Lipinski definition) is 16. The van der Waals surface area contributed by atoms with Crippen molar-refractivity contribution in [1.82, 2.24) is 51.5 Å². The molecule has 0 bridgehead atoms. The number of likely N-dealkylation sites (N-methyl/N-ethyl adjacent to an activating group) is 2. The Kier molecular flexibility index (Phi) is 32.6. The number of likely N-dealkylation sites (tertiary alicyclic amines) is 1. The van der Waals surface area contributed by atoms with Crippen molar-refractivity contribution in [3.8, 4) is 0 Å². The molecule has 2 heterocycles. The molecule has 97 heavy (non-hydrogen) atoms. The molecule has 1 saturated heterocycles. The Balaban J connectivity index is 1.38. The molecule has 0 spiro atoms. The number of imide groups is 1. The van der Waals surface area contributed by atoms with E-state index >= 15 is 0 Å². The molecule has 13 amide bonds. The van der Waals surface area contributed by atoms with Crippen LogP contribution in [-0.4, -0.2) is 204 Å². The zero-order valence-corrected chi connectivity index (χ0v) is 59.0. The molecule has 0 saturated carbocycles. The molecule has 0 unspecified atom stereocenters. The minimum Gasteiger partial charge on any atom is -0.445 e. The van der Waals surface area contributed by atoms with Crippen LogP contribution in [0.2, 0.25) is 0 Å². The summed E-state index contributed by atoms with van der Waals surface area (Å²) in [5.41, 5.74) is 6.69. The fourth-order valence-corrected chi connectivity index (χ4v) is 12.1. The van der Waals surface area contributed by atoms with Crippen molar-refractivity contribution in [2.24, 2.45) is 35.3 Å². The molecule has 0 radical (unpaired) electrons. The van der Waals surface area contributed by atoms with Crippen molar-refractivity contribution in [2.75, 3.05) is 53.3 Å². The van der Waals surface area contributed by atoms with Crippen LogP contribution in [0.1, 0.15) is 145 Å². The molecule has 2 aliphatic rings. The number of nitrogens with one attached hydrogen (secondary N) is 7. The molecule has 0 aromatic heterocycles. The number of carbonyl (C=O) groups excluding carboxylic acids is 12. The van der Waals surface area contributed by atoms with Crippen LogP contribution < -0.4 is 43.0 Å². The van der Waals surface area contributed by atoms with Gasteiger partial charge in [0.2, 0.25) is 47.3 Å². The van der Waals surface area contributed by atoms with E-state index in [0.717, 1.165) is 22.0 Å². The number of urea groups is 1. The van der Waals surface area contributed by atoms with Gasteiger partial charge in [0.25, 0.3) is 11.8 Å². The lowest BCUT2D eigenvalue weighted by Gasteiger charge is -2.41. The number of methoxy groups -OCH3 is 2. The number of hydrogen-bond donors (Lipinski definition) is 9. The van der Waals surface area contributed by atoms with Crippen LogP contribution in [0.15, 0.2) is 66.7 Å². The lowest BCUT2D eigenvalue weighted by molar-refractivity contribution is -0.148. The van der Waals surface area contributed by atoms with E-state index in [9.17, 15) is 62.6 Å². The van der Waals surface area contributed by atoms with E-state index in [-0.39, 0.29) is 75.5 Å². The summed E-state index contributed by atoms with van der Waals surface area (Å²) in [5, 5.41) is 29.9. The van der Waals surface area contributed by atoms with Crippen molar-refractivity contribution in [3.05, 3.63) is 77.9 Å². The normalized spacial score (nSPS) is 17.5. The zero-order valence-electron chi connectivity index (χ0n) is 59.0. The summed E-state index contributed by atoms with van der Waals surface area (Å²) in [4.78, 5) is 166. The first-order valence-corrected chi connectivity index (χ1v) is 33.5. The van der Waals surface area contributed by atoms with Gasteiger partial charge in [0, 0.05) is 72.2 Å². The highest BCUT2D eigenvalue weighted by Crippen LogP contribution is 2.31. The number of aliphatic hydroxyl groups excluding tert-OH is 1.